The minimum Gasteiger partial charge on any atom is -0.341 e. The van der Waals surface area contributed by atoms with Crippen LogP contribution in [0, 0.1) is 13.8 Å². The molecule has 21 heavy (non-hydrogen) atoms. The van der Waals surface area contributed by atoms with Crippen LogP contribution in [0.4, 0.5) is 10.5 Å². The van der Waals surface area contributed by atoms with Crippen LogP contribution in [-0.4, -0.2) is 13.1 Å². The molecular weight excluding hydrogens is 348 g/mol. The van der Waals surface area contributed by atoms with Crippen molar-refractivity contribution in [3.8, 4) is 0 Å². The maximum atomic E-state index is 11.4. The summed E-state index contributed by atoms with van der Waals surface area (Å²) in [7, 11) is 1.60. The summed E-state index contributed by atoms with van der Waals surface area (Å²) < 4.78 is 1.07. The van der Waals surface area contributed by atoms with Gasteiger partial charge >= 0.3 is 6.03 Å². The average molecular weight is 365 g/mol. The van der Waals surface area contributed by atoms with Crippen LogP contribution < -0.4 is 10.6 Å². The number of anilines is 1. The summed E-state index contributed by atoms with van der Waals surface area (Å²) in [6.45, 7) is 4.12. The molecule has 3 nitrogen and oxygen atoms in total. The minimum atomic E-state index is -0.206. The number of hydrogen-bond donors (Lipinski definition) is 2. The average Bonchev–Trinajstić information content (AvgIpc) is 2.44. The summed E-state index contributed by atoms with van der Waals surface area (Å²) in [4.78, 5) is 13.8. The lowest BCUT2D eigenvalue weighted by Crippen LogP contribution is -2.24. The lowest BCUT2D eigenvalue weighted by atomic mass is 10.1. The topological polar surface area (TPSA) is 41.1 Å². The van der Waals surface area contributed by atoms with E-state index in [1.165, 1.54) is 9.79 Å². The lowest BCUT2D eigenvalue weighted by Gasteiger charge is -2.13. The van der Waals surface area contributed by atoms with Crippen molar-refractivity contribution < 1.29 is 4.79 Å². The smallest absolute Gasteiger partial charge is 0.318 e. The number of rotatable bonds is 3. The third-order valence-electron chi connectivity index (χ3n) is 2.98. The summed E-state index contributed by atoms with van der Waals surface area (Å²) in [6, 6.07) is 12.0. The van der Waals surface area contributed by atoms with Crippen LogP contribution in [0.25, 0.3) is 0 Å². The van der Waals surface area contributed by atoms with Gasteiger partial charge in [-0.3, -0.25) is 0 Å². The van der Waals surface area contributed by atoms with Gasteiger partial charge in [-0.1, -0.05) is 27.7 Å². The predicted molar refractivity (Wildman–Crippen MR) is 92.3 cm³/mol. The number of carbonyl (C=O) groups excluding carboxylic acids is 1. The molecule has 0 atom stereocenters. The normalized spacial score (nSPS) is 10.3. The molecule has 2 N–H and O–H groups in total. The predicted octanol–water partition coefficient (Wildman–Crippen LogP) is 4.97. The molecule has 0 spiro atoms. The Morgan fingerprint density at radius 1 is 1.10 bits per heavy atom. The Labute approximate surface area is 137 Å². The molecule has 2 rings (SSSR count). The fourth-order valence-electron chi connectivity index (χ4n) is 2.00. The second kappa shape index (κ2) is 7.00. The Morgan fingerprint density at radius 2 is 1.67 bits per heavy atom. The van der Waals surface area contributed by atoms with E-state index in [1.807, 2.05) is 24.3 Å². The van der Waals surface area contributed by atoms with Crippen molar-refractivity contribution in [2.45, 2.75) is 23.6 Å². The van der Waals surface area contributed by atoms with Gasteiger partial charge in [-0.25, -0.2) is 4.79 Å². The van der Waals surface area contributed by atoms with Crippen LogP contribution in [0.15, 0.2) is 50.7 Å². The van der Waals surface area contributed by atoms with Gasteiger partial charge in [0.2, 0.25) is 0 Å². The second-order valence-electron chi connectivity index (χ2n) is 4.70. The third-order valence-corrected chi connectivity index (χ3v) is 4.86. The maximum absolute atomic E-state index is 11.4. The van der Waals surface area contributed by atoms with E-state index >= 15 is 0 Å². The van der Waals surface area contributed by atoms with Gasteiger partial charge in [-0.05, 0) is 61.4 Å². The largest absolute Gasteiger partial charge is 0.341 e. The van der Waals surface area contributed by atoms with Crippen LogP contribution in [-0.2, 0) is 0 Å². The fraction of sp³-hybridized carbons (Fsp3) is 0.188. The summed E-state index contributed by atoms with van der Waals surface area (Å²) in [5.74, 6) is 0. The molecule has 0 aromatic heterocycles. The van der Waals surface area contributed by atoms with Crippen molar-refractivity contribution in [3.05, 3.63) is 52.0 Å². The van der Waals surface area contributed by atoms with Crippen LogP contribution in [0.5, 0.6) is 0 Å². The Hall–Kier alpha value is -1.46. The molecular formula is C16H17BrN2OS. The number of aryl methyl sites for hydroxylation is 2. The van der Waals surface area contributed by atoms with E-state index in [0.717, 1.165) is 21.3 Å². The number of halogens is 1. The monoisotopic (exact) mass is 364 g/mol. The van der Waals surface area contributed by atoms with Crippen molar-refractivity contribution in [2.24, 2.45) is 0 Å². The quantitative estimate of drug-likeness (QED) is 0.807. The van der Waals surface area contributed by atoms with E-state index in [2.05, 4.69) is 52.5 Å². The lowest BCUT2D eigenvalue weighted by molar-refractivity contribution is 0.254. The van der Waals surface area contributed by atoms with E-state index in [1.54, 1.807) is 18.8 Å². The highest BCUT2D eigenvalue weighted by Crippen LogP contribution is 2.35. The zero-order chi connectivity index (χ0) is 15.4. The van der Waals surface area contributed by atoms with Gasteiger partial charge in [0, 0.05) is 27.0 Å². The molecule has 0 aliphatic carbocycles. The highest BCUT2D eigenvalue weighted by molar-refractivity contribution is 9.10. The molecule has 0 saturated heterocycles. The fourth-order valence-corrected chi connectivity index (χ4v) is 3.21. The number of benzene rings is 2. The summed E-state index contributed by atoms with van der Waals surface area (Å²) in [5, 5.41) is 5.36. The van der Waals surface area contributed by atoms with Gasteiger partial charge in [-0.15, -0.1) is 0 Å². The molecule has 2 aromatic rings. The van der Waals surface area contributed by atoms with Crippen LogP contribution in [0.1, 0.15) is 11.1 Å². The first-order valence-electron chi connectivity index (χ1n) is 6.53. The highest BCUT2D eigenvalue weighted by atomic mass is 79.9. The zero-order valence-corrected chi connectivity index (χ0v) is 14.6. The molecule has 0 aliphatic heterocycles. The zero-order valence-electron chi connectivity index (χ0n) is 12.2. The Morgan fingerprint density at radius 3 is 2.19 bits per heavy atom. The van der Waals surface area contributed by atoms with E-state index < -0.39 is 0 Å². The van der Waals surface area contributed by atoms with Crippen LogP contribution in [0.3, 0.4) is 0 Å². The summed E-state index contributed by atoms with van der Waals surface area (Å²) in [5.41, 5.74) is 3.10. The molecule has 0 bridgehead atoms. The van der Waals surface area contributed by atoms with Crippen molar-refractivity contribution in [3.63, 3.8) is 0 Å². The molecule has 0 saturated carbocycles. The van der Waals surface area contributed by atoms with Crippen LogP contribution in [0.2, 0.25) is 0 Å². The first-order chi connectivity index (χ1) is 9.99. The molecule has 2 aromatic carbocycles. The molecule has 0 radical (unpaired) electrons. The van der Waals surface area contributed by atoms with Gasteiger partial charge in [0.05, 0.1) is 0 Å². The van der Waals surface area contributed by atoms with Crippen molar-refractivity contribution >= 4 is 39.4 Å². The molecule has 0 heterocycles. The van der Waals surface area contributed by atoms with Crippen molar-refractivity contribution in [1.29, 1.82) is 0 Å². The van der Waals surface area contributed by atoms with Gasteiger partial charge in [-0.2, -0.15) is 0 Å². The number of hydrogen-bond acceptors (Lipinski definition) is 2. The van der Waals surface area contributed by atoms with Gasteiger partial charge < -0.3 is 10.6 Å². The first-order valence-corrected chi connectivity index (χ1v) is 8.14. The second-order valence-corrected chi connectivity index (χ2v) is 6.70. The first kappa shape index (κ1) is 15.9. The Balaban J connectivity index is 2.24. The maximum Gasteiger partial charge on any atom is 0.318 e. The van der Waals surface area contributed by atoms with E-state index in [0.29, 0.717) is 0 Å². The van der Waals surface area contributed by atoms with E-state index in [-0.39, 0.29) is 6.03 Å². The van der Waals surface area contributed by atoms with Gasteiger partial charge in [0.1, 0.15) is 0 Å². The number of nitrogens with one attached hydrogen (secondary N) is 2. The molecule has 2 amide bonds. The van der Waals surface area contributed by atoms with Crippen molar-refractivity contribution in [2.75, 3.05) is 12.4 Å². The Kier molecular flexibility index (Phi) is 5.31. The third kappa shape index (κ3) is 4.25. The van der Waals surface area contributed by atoms with E-state index in [9.17, 15) is 4.79 Å². The SMILES string of the molecule is CNC(=O)Nc1cc(C)c(Sc2ccc(Br)cc2)c(C)c1. The number of amides is 2. The summed E-state index contributed by atoms with van der Waals surface area (Å²) in [6.07, 6.45) is 0. The van der Waals surface area contributed by atoms with E-state index in [4.69, 9.17) is 0 Å². The molecule has 110 valence electrons. The Bertz CT molecular complexity index is 633. The number of carbonyl (C=O) groups is 1. The minimum absolute atomic E-state index is 0.206. The molecule has 0 fully saturated rings. The van der Waals surface area contributed by atoms with Crippen LogP contribution >= 0.6 is 27.7 Å². The summed E-state index contributed by atoms with van der Waals surface area (Å²) >= 11 is 5.18. The standard InChI is InChI=1S/C16H17BrN2OS/c1-10-8-13(19-16(20)18-3)9-11(2)15(10)21-14-6-4-12(17)5-7-14/h4-9H,1-3H3,(H2,18,19,20). The van der Waals surface area contributed by atoms with Gasteiger partial charge in [0.15, 0.2) is 0 Å². The number of urea groups is 1. The molecule has 0 aliphatic rings. The van der Waals surface area contributed by atoms with Gasteiger partial charge in [0.25, 0.3) is 0 Å². The highest BCUT2D eigenvalue weighted by Gasteiger charge is 2.08. The molecule has 0 unspecified atom stereocenters. The van der Waals surface area contributed by atoms with Crippen molar-refractivity contribution in [1.82, 2.24) is 5.32 Å². The molecule has 5 heteroatoms.